The third-order valence-corrected chi connectivity index (χ3v) is 6.50. The summed E-state index contributed by atoms with van der Waals surface area (Å²) in [6, 6.07) is 12.9. The van der Waals surface area contributed by atoms with Crippen molar-refractivity contribution in [1.29, 1.82) is 0 Å². The second-order valence-corrected chi connectivity index (χ2v) is 9.23. The number of nitrogens with one attached hydrogen (secondary N) is 2. The summed E-state index contributed by atoms with van der Waals surface area (Å²) in [5.74, 6) is 0.129. The van der Waals surface area contributed by atoms with Crippen LogP contribution in [0, 0.1) is 0 Å². The summed E-state index contributed by atoms with van der Waals surface area (Å²) in [5.41, 5.74) is 1.10. The minimum absolute atomic E-state index is 0.00308. The molecule has 172 valence electrons. The fourth-order valence-electron chi connectivity index (χ4n) is 3.32. The number of nitrogens with zero attached hydrogens (tertiary/aromatic N) is 2. The van der Waals surface area contributed by atoms with Crippen LogP contribution in [0.4, 0.5) is 5.82 Å². The van der Waals surface area contributed by atoms with E-state index >= 15 is 0 Å². The van der Waals surface area contributed by atoms with Gasteiger partial charge in [-0.1, -0.05) is 6.07 Å². The standard InChI is InChI=1S/C23H24N4O5S/c28-23(27-22-21(7-2-10-25-22)32-16-17-8-11-24-12-9-17)18-4-1-6-20(14-18)33(29,30)26-15-19-5-3-13-31-19/h1-2,4,6-12,14,19,26H,3,5,13,15-16H2,(H,25,27,28). The van der Waals surface area contributed by atoms with Gasteiger partial charge < -0.3 is 14.8 Å². The molecule has 4 rings (SSSR count). The Hall–Kier alpha value is -3.34. The average Bonchev–Trinajstić information content (AvgIpc) is 3.37. The number of amides is 1. The van der Waals surface area contributed by atoms with Crippen LogP contribution in [-0.4, -0.2) is 43.5 Å². The third kappa shape index (κ3) is 6.13. The van der Waals surface area contributed by atoms with Crippen molar-refractivity contribution >= 4 is 21.7 Å². The van der Waals surface area contributed by atoms with Crippen molar-refractivity contribution in [2.24, 2.45) is 0 Å². The zero-order chi connectivity index (χ0) is 23.1. The summed E-state index contributed by atoms with van der Waals surface area (Å²) >= 11 is 0. The Bertz CT molecular complexity index is 1200. The van der Waals surface area contributed by atoms with E-state index in [1.54, 1.807) is 24.5 Å². The van der Waals surface area contributed by atoms with E-state index in [1.807, 2.05) is 12.1 Å². The molecule has 1 amide bonds. The van der Waals surface area contributed by atoms with Gasteiger partial charge in [-0.15, -0.1) is 0 Å². The van der Waals surface area contributed by atoms with Crippen molar-refractivity contribution < 1.29 is 22.7 Å². The SMILES string of the molecule is O=C(Nc1ncccc1OCc1ccncc1)c1cccc(S(=O)(=O)NCC2CCCO2)c1. The summed E-state index contributed by atoms with van der Waals surface area (Å²) in [6.07, 6.45) is 6.48. The topological polar surface area (TPSA) is 120 Å². The summed E-state index contributed by atoms with van der Waals surface area (Å²) in [6.45, 7) is 1.12. The van der Waals surface area contributed by atoms with Gasteiger partial charge >= 0.3 is 0 Å². The van der Waals surface area contributed by atoms with Gasteiger partial charge in [0.1, 0.15) is 6.61 Å². The molecule has 0 spiro atoms. The molecule has 0 aliphatic carbocycles. The van der Waals surface area contributed by atoms with E-state index in [4.69, 9.17) is 9.47 Å². The largest absolute Gasteiger partial charge is 0.485 e. The van der Waals surface area contributed by atoms with Crippen molar-refractivity contribution in [2.75, 3.05) is 18.5 Å². The maximum absolute atomic E-state index is 12.8. The van der Waals surface area contributed by atoms with E-state index in [0.29, 0.717) is 12.4 Å². The molecule has 2 N–H and O–H groups in total. The van der Waals surface area contributed by atoms with Crippen LogP contribution >= 0.6 is 0 Å². The first-order valence-electron chi connectivity index (χ1n) is 10.5. The summed E-state index contributed by atoms with van der Waals surface area (Å²) in [7, 11) is -3.78. The molecule has 1 unspecified atom stereocenters. The van der Waals surface area contributed by atoms with Crippen molar-refractivity contribution in [1.82, 2.24) is 14.7 Å². The van der Waals surface area contributed by atoms with Gasteiger partial charge in [-0.25, -0.2) is 18.1 Å². The van der Waals surface area contributed by atoms with Gasteiger partial charge in [0.25, 0.3) is 5.91 Å². The Morgan fingerprint density at radius 2 is 1.97 bits per heavy atom. The molecule has 10 heteroatoms. The molecule has 2 aromatic heterocycles. The molecular weight excluding hydrogens is 444 g/mol. The van der Waals surface area contributed by atoms with Gasteiger partial charge in [-0.3, -0.25) is 9.78 Å². The fraction of sp³-hybridized carbons (Fsp3) is 0.261. The molecule has 33 heavy (non-hydrogen) atoms. The first-order valence-corrected chi connectivity index (χ1v) is 12.0. The second-order valence-electron chi connectivity index (χ2n) is 7.46. The zero-order valence-electron chi connectivity index (χ0n) is 17.8. The van der Waals surface area contributed by atoms with Crippen molar-refractivity contribution in [2.45, 2.75) is 30.4 Å². The van der Waals surface area contributed by atoms with Crippen LogP contribution < -0.4 is 14.8 Å². The Balaban J connectivity index is 1.43. The lowest BCUT2D eigenvalue weighted by atomic mass is 10.2. The molecule has 3 aromatic rings. The molecule has 1 atom stereocenters. The van der Waals surface area contributed by atoms with Crippen LogP contribution in [0.3, 0.4) is 0 Å². The number of hydrogen-bond donors (Lipinski definition) is 2. The minimum atomic E-state index is -3.78. The van der Waals surface area contributed by atoms with Crippen LogP contribution in [0.15, 0.2) is 72.0 Å². The van der Waals surface area contributed by atoms with E-state index in [2.05, 4.69) is 20.0 Å². The Morgan fingerprint density at radius 3 is 2.76 bits per heavy atom. The predicted molar refractivity (Wildman–Crippen MR) is 121 cm³/mol. The van der Waals surface area contributed by atoms with Crippen molar-refractivity contribution in [3.05, 3.63) is 78.2 Å². The molecule has 1 fully saturated rings. The van der Waals surface area contributed by atoms with E-state index < -0.39 is 15.9 Å². The Morgan fingerprint density at radius 1 is 1.12 bits per heavy atom. The minimum Gasteiger partial charge on any atom is -0.485 e. The molecule has 9 nitrogen and oxygen atoms in total. The number of aromatic nitrogens is 2. The zero-order valence-corrected chi connectivity index (χ0v) is 18.6. The monoisotopic (exact) mass is 468 g/mol. The first-order chi connectivity index (χ1) is 16.0. The highest BCUT2D eigenvalue weighted by molar-refractivity contribution is 7.89. The maximum Gasteiger partial charge on any atom is 0.256 e. The van der Waals surface area contributed by atoms with Crippen LogP contribution in [0.5, 0.6) is 5.75 Å². The number of hydrogen-bond acceptors (Lipinski definition) is 7. The van der Waals surface area contributed by atoms with E-state index in [0.717, 1.165) is 18.4 Å². The van der Waals surface area contributed by atoms with Crippen LogP contribution in [0.25, 0.3) is 0 Å². The van der Waals surface area contributed by atoms with Gasteiger partial charge in [0, 0.05) is 37.3 Å². The number of pyridine rings is 2. The normalized spacial score (nSPS) is 15.8. The van der Waals surface area contributed by atoms with Gasteiger partial charge in [-0.2, -0.15) is 0 Å². The highest BCUT2D eigenvalue weighted by Gasteiger charge is 2.21. The summed E-state index contributed by atoms with van der Waals surface area (Å²) < 4.78 is 39.1. The molecule has 1 aliphatic rings. The Kier molecular flexibility index (Phi) is 7.28. The highest BCUT2D eigenvalue weighted by Crippen LogP contribution is 2.23. The predicted octanol–water partition coefficient (Wildman–Crippen LogP) is 2.77. The van der Waals surface area contributed by atoms with Crippen molar-refractivity contribution in [3.8, 4) is 5.75 Å². The van der Waals surface area contributed by atoms with E-state index in [1.165, 1.54) is 30.5 Å². The molecule has 0 radical (unpaired) electrons. The average molecular weight is 469 g/mol. The molecule has 0 saturated carbocycles. The van der Waals surface area contributed by atoms with Crippen LogP contribution in [0.2, 0.25) is 0 Å². The smallest absolute Gasteiger partial charge is 0.256 e. The number of carbonyl (C=O) groups is 1. The number of anilines is 1. The lowest BCUT2D eigenvalue weighted by Crippen LogP contribution is -2.32. The molecule has 1 aliphatic heterocycles. The highest BCUT2D eigenvalue weighted by atomic mass is 32.2. The lowest BCUT2D eigenvalue weighted by Gasteiger charge is -2.13. The molecule has 1 aromatic carbocycles. The molecule has 0 bridgehead atoms. The Labute approximate surface area is 192 Å². The van der Waals surface area contributed by atoms with E-state index in [9.17, 15) is 13.2 Å². The molecular formula is C23H24N4O5S. The molecule has 3 heterocycles. The summed E-state index contributed by atoms with van der Waals surface area (Å²) in [5, 5.41) is 2.70. The van der Waals surface area contributed by atoms with Gasteiger partial charge in [-0.05, 0) is 60.9 Å². The number of sulfonamides is 1. The van der Waals surface area contributed by atoms with Crippen molar-refractivity contribution in [3.63, 3.8) is 0 Å². The van der Waals surface area contributed by atoms with Gasteiger partial charge in [0.2, 0.25) is 10.0 Å². The lowest BCUT2D eigenvalue weighted by molar-refractivity contribution is 0.102. The third-order valence-electron chi connectivity index (χ3n) is 5.08. The molecule has 1 saturated heterocycles. The number of benzene rings is 1. The summed E-state index contributed by atoms with van der Waals surface area (Å²) in [4.78, 5) is 21.0. The maximum atomic E-state index is 12.8. The number of rotatable bonds is 9. The van der Waals surface area contributed by atoms with E-state index in [-0.39, 0.29) is 35.5 Å². The first kappa shape index (κ1) is 22.8. The van der Waals surface area contributed by atoms with Gasteiger partial charge in [0.15, 0.2) is 11.6 Å². The number of carbonyl (C=O) groups excluding carboxylic acids is 1. The fourth-order valence-corrected chi connectivity index (χ4v) is 4.43. The quantitative estimate of drug-likeness (QED) is 0.495. The van der Waals surface area contributed by atoms with Crippen LogP contribution in [0.1, 0.15) is 28.8 Å². The van der Waals surface area contributed by atoms with Gasteiger partial charge in [0.05, 0.1) is 11.0 Å². The number of ether oxygens (including phenoxy) is 2. The van der Waals surface area contributed by atoms with Crippen LogP contribution in [-0.2, 0) is 21.4 Å². The second kappa shape index (κ2) is 10.5.